The number of carboxylic acids is 1. The Bertz CT molecular complexity index is 523. The van der Waals surface area contributed by atoms with Crippen molar-refractivity contribution in [3.63, 3.8) is 0 Å². The summed E-state index contributed by atoms with van der Waals surface area (Å²) in [5, 5.41) is 11.9. The molecule has 1 aliphatic carbocycles. The van der Waals surface area contributed by atoms with Gasteiger partial charge in [0.25, 0.3) is 5.91 Å². The van der Waals surface area contributed by atoms with E-state index in [1.807, 2.05) is 19.1 Å². The van der Waals surface area contributed by atoms with Crippen LogP contribution in [0.2, 0.25) is 0 Å². The smallest absolute Gasteiger partial charge is 0.305 e. The summed E-state index contributed by atoms with van der Waals surface area (Å²) in [5.74, 6) is -1.03. The molecule has 0 atom stereocenters. The molecule has 4 nitrogen and oxygen atoms in total. The third-order valence-corrected chi connectivity index (χ3v) is 4.86. The highest BCUT2D eigenvalue weighted by molar-refractivity contribution is 14.1. The lowest BCUT2D eigenvalue weighted by Crippen LogP contribution is -2.54. The first-order valence-corrected chi connectivity index (χ1v) is 7.31. The van der Waals surface area contributed by atoms with Gasteiger partial charge in [-0.05, 0) is 66.5 Å². The predicted molar refractivity (Wildman–Crippen MR) is 80.2 cm³/mol. The molecule has 1 aromatic carbocycles. The van der Waals surface area contributed by atoms with Gasteiger partial charge in [-0.25, -0.2) is 0 Å². The fraction of sp³-hybridized carbons (Fsp3) is 0.429. The third-order valence-electron chi connectivity index (χ3n) is 3.69. The number of benzene rings is 1. The lowest BCUT2D eigenvalue weighted by molar-refractivity contribution is -0.139. The number of hydrogen-bond donors (Lipinski definition) is 2. The molecule has 0 aliphatic heterocycles. The van der Waals surface area contributed by atoms with E-state index in [4.69, 9.17) is 5.11 Å². The van der Waals surface area contributed by atoms with Gasteiger partial charge in [-0.1, -0.05) is 6.07 Å². The Hall–Kier alpha value is -1.11. The Balaban J connectivity index is 2.16. The number of aliphatic carboxylic acids is 1. The van der Waals surface area contributed by atoms with E-state index in [-0.39, 0.29) is 12.3 Å². The highest BCUT2D eigenvalue weighted by atomic mass is 127. The molecule has 0 spiro atoms. The number of hydrogen-bond acceptors (Lipinski definition) is 2. The van der Waals surface area contributed by atoms with E-state index < -0.39 is 11.5 Å². The Labute approximate surface area is 125 Å². The van der Waals surface area contributed by atoms with E-state index in [9.17, 15) is 9.59 Å². The number of nitrogens with one attached hydrogen (secondary N) is 1. The van der Waals surface area contributed by atoms with Gasteiger partial charge in [0.1, 0.15) is 0 Å². The molecule has 0 saturated heterocycles. The molecule has 0 radical (unpaired) electrons. The largest absolute Gasteiger partial charge is 0.481 e. The predicted octanol–water partition coefficient (Wildman–Crippen LogP) is 2.73. The third kappa shape index (κ3) is 3.08. The van der Waals surface area contributed by atoms with Gasteiger partial charge in [0, 0.05) is 9.13 Å². The minimum atomic E-state index is -0.862. The standard InChI is InChI=1S/C14H16INO3/c1-9-10(4-2-5-11(9)15)13(19)16-14(6-3-7-14)8-12(17)18/h2,4-5H,3,6-8H2,1H3,(H,16,19)(H,17,18). The van der Waals surface area contributed by atoms with Gasteiger partial charge in [0.2, 0.25) is 0 Å². The van der Waals surface area contributed by atoms with Crippen molar-refractivity contribution in [3.8, 4) is 0 Å². The van der Waals surface area contributed by atoms with Crippen molar-refractivity contribution >= 4 is 34.5 Å². The Morgan fingerprint density at radius 1 is 1.42 bits per heavy atom. The minimum Gasteiger partial charge on any atom is -0.481 e. The summed E-state index contributed by atoms with van der Waals surface area (Å²) >= 11 is 2.19. The maximum atomic E-state index is 12.3. The first kappa shape index (κ1) is 14.3. The number of halogens is 1. The molecule has 0 heterocycles. The molecule has 1 aliphatic rings. The van der Waals surface area contributed by atoms with Crippen LogP contribution in [0, 0.1) is 10.5 Å². The van der Waals surface area contributed by atoms with Crippen molar-refractivity contribution in [1.82, 2.24) is 5.32 Å². The maximum Gasteiger partial charge on any atom is 0.305 e. The summed E-state index contributed by atoms with van der Waals surface area (Å²) < 4.78 is 1.03. The van der Waals surface area contributed by atoms with Gasteiger partial charge >= 0.3 is 5.97 Å². The van der Waals surface area contributed by atoms with Crippen LogP contribution in [0.3, 0.4) is 0 Å². The number of rotatable bonds is 4. The monoisotopic (exact) mass is 373 g/mol. The van der Waals surface area contributed by atoms with Crippen molar-refractivity contribution in [3.05, 3.63) is 32.9 Å². The van der Waals surface area contributed by atoms with Crippen LogP contribution in [0.25, 0.3) is 0 Å². The van der Waals surface area contributed by atoms with Gasteiger partial charge in [-0.2, -0.15) is 0 Å². The molecule has 1 fully saturated rings. The van der Waals surface area contributed by atoms with Crippen LogP contribution in [0.1, 0.15) is 41.6 Å². The van der Waals surface area contributed by atoms with E-state index in [1.165, 1.54) is 0 Å². The molecule has 19 heavy (non-hydrogen) atoms. The fourth-order valence-electron chi connectivity index (χ4n) is 2.40. The topological polar surface area (TPSA) is 66.4 Å². The second-order valence-corrected chi connectivity index (χ2v) is 6.23. The van der Waals surface area contributed by atoms with E-state index >= 15 is 0 Å². The van der Waals surface area contributed by atoms with Crippen LogP contribution in [-0.4, -0.2) is 22.5 Å². The molecule has 0 unspecified atom stereocenters. The molecular formula is C14H16INO3. The second-order valence-electron chi connectivity index (χ2n) is 5.07. The van der Waals surface area contributed by atoms with Gasteiger partial charge in [0.05, 0.1) is 12.0 Å². The number of carbonyl (C=O) groups excluding carboxylic acids is 1. The normalized spacial score (nSPS) is 16.5. The lowest BCUT2D eigenvalue weighted by Gasteiger charge is -2.41. The molecule has 102 valence electrons. The molecule has 2 rings (SSSR count). The average Bonchev–Trinajstić information content (AvgIpc) is 2.29. The Morgan fingerprint density at radius 2 is 2.11 bits per heavy atom. The van der Waals surface area contributed by atoms with Crippen LogP contribution in [0.15, 0.2) is 18.2 Å². The van der Waals surface area contributed by atoms with Gasteiger partial charge in [-0.3, -0.25) is 9.59 Å². The zero-order chi connectivity index (χ0) is 14.0. The molecule has 5 heteroatoms. The highest BCUT2D eigenvalue weighted by Crippen LogP contribution is 2.35. The van der Waals surface area contributed by atoms with Gasteiger partial charge in [0.15, 0.2) is 0 Å². The van der Waals surface area contributed by atoms with Crippen LogP contribution < -0.4 is 5.32 Å². The van der Waals surface area contributed by atoms with Crippen molar-refractivity contribution in [2.45, 2.75) is 38.1 Å². The Morgan fingerprint density at radius 3 is 2.63 bits per heavy atom. The minimum absolute atomic E-state index is 0.00170. The van der Waals surface area contributed by atoms with Gasteiger partial charge < -0.3 is 10.4 Å². The first-order chi connectivity index (χ1) is 8.93. The lowest BCUT2D eigenvalue weighted by atomic mass is 9.74. The van der Waals surface area contributed by atoms with Crippen LogP contribution in [0.5, 0.6) is 0 Å². The number of amides is 1. The summed E-state index contributed by atoms with van der Waals surface area (Å²) in [5.41, 5.74) is 1.02. The van der Waals surface area contributed by atoms with Crippen molar-refractivity contribution in [2.24, 2.45) is 0 Å². The quantitative estimate of drug-likeness (QED) is 0.798. The van der Waals surface area contributed by atoms with Crippen LogP contribution in [-0.2, 0) is 4.79 Å². The van der Waals surface area contributed by atoms with E-state index in [1.54, 1.807) is 6.07 Å². The van der Waals surface area contributed by atoms with E-state index in [0.717, 1.165) is 28.4 Å². The summed E-state index contributed by atoms with van der Waals surface area (Å²) in [6.07, 6.45) is 2.46. The van der Waals surface area contributed by atoms with E-state index in [2.05, 4.69) is 27.9 Å². The Kier molecular flexibility index (Phi) is 4.13. The molecule has 2 N–H and O–H groups in total. The first-order valence-electron chi connectivity index (χ1n) is 6.23. The summed E-state index contributed by atoms with van der Waals surface area (Å²) in [7, 11) is 0. The molecule has 0 aromatic heterocycles. The molecule has 0 bridgehead atoms. The zero-order valence-electron chi connectivity index (χ0n) is 10.7. The van der Waals surface area contributed by atoms with Crippen molar-refractivity contribution in [2.75, 3.05) is 0 Å². The molecule has 1 aromatic rings. The van der Waals surface area contributed by atoms with Crippen molar-refractivity contribution < 1.29 is 14.7 Å². The fourth-order valence-corrected chi connectivity index (χ4v) is 2.90. The maximum absolute atomic E-state index is 12.3. The number of carbonyl (C=O) groups is 2. The van der Waals surface area contributed by atoms with Crippen LogP contribution >= 0.6 is 22.6 Å². The average molecular weight is 373 g/mol. The summed E-state index contributed by atoms with van der Waals surface area (Å²) in [6.45, 7) is 1.90. The molecule has 1 amide bonds. The number of carboxylic acid groups (broad SMARTS) is 1. The SMILES string of the molecule is Cc1c(I)cccc1C(=O)NC1(CC(=O)O)CCC1. The van der Waals surface area contributed by atoms with E-state index in [0.29, 0.717) is 5.56 Å². The summed E-state index contributed by atoms with van der Waals surface area (Å²) in [6, 6.07) is 5.57. The molecular weight excluding hydrogens is 357 g/mol. The van der Waals surface area contributed by atoms with Crippen molar-refractivity contribution in [1.29, 1.82) is 0 Å². The molecule has 1 saturated carbocycles. The highest BCUT2D eigenvalue weighted by Gasteiger charge is 2.40. The summed E-state index contributed by atoms with van der Waals surface area (Å²) in [4.78, 5) is 23.2. The zero-order valence-corrected chi connectivity index (χ0v) is 12.9. The van der Waals surface area contributed by atoms with Gasteiger partial charge in [-0.15, -0.1) is 0 Å². The van der Waals surface area contributed by atoms with Crippen LogP contribution in [0.4, 0.5) is 0 Å². The second kappa shape index (κ2) is 5.48.